The summed E-state index contributed by atoms with van der Waals surface area (Å²) in [5.74, 6) is 3.51. The number of furan rings is 2. The van der Waals surface area contributed by atoms with Gasteiger partial charge in [-0.2, -0.15) is 0 Å². The molecule has 7 heteroatoms. The number of anilines is 1. The SMILES string of the molecule is Cc1sc2nc(C[NH2+]Cc3ccco3)nc(NCc3ccco3)c2c1C. The van der Waals surface area contributed by atoms with E-state index in [9.17, 15) is 0 Å². The Kier molecular flexibility index (Phi) is 4.73. The Hall–Kier alpha value is -2.64. The number of hydrogen-bond acceptors (Lipinski definition) is 6. The van der Waals surface area contributed by atoms with E-state index in [4.69, 9.17) is 18.8 Å². The number of nitrogens with two attached hydrogens (primary N) is 1. The van der Waals surface area contributed by atoms with Crippen LogP contribution in [-0.4, -0.2) is 9.97 Å². The largest absolute Gasteiger partial charge is 0.467 e. The molecule has 0 saturated carbocycles. The molecule has 0 saturated heterocycles. The molecule has 0 aliphatic rings. The van der Waals surface area contributed by atoms with Crippen LogP contribution in [0.2, 0.25) is 0 Å². The number of aryl methyl sites for hydroxylation is 2. The van der Waals surface area contributed by atoms with E-state index in [2.05, 4.69) is 24.5 Å². The normalized spacial score (nSPS) is 11.3. The monoisotopic (exact) mass is 369 g/mol. The van der Waals surface area contributed by atoms with Gasteiger partial charge in [0.25, 0.3) is 0 Å². The van der Waals surface area contributed by atoms with E-state index in [1.165, 1.54) is 10.4 Å². The maximum atomic E-state index is 5.42. The number of fused-ring (bicyclic) bond motifs is 1. The van der Waals surface area contributed by atoms with Crippen molar-refractivity contribution in [3.63, 3.8) is 0 Å². The molecule has 6 nitrogen and oxygen atoms in total. The van der Waals surface area contributed by atoms with Crippen LogP contribution in [0.25, 0.3) is 10.2 Å². The highest BCUT2D eigenvalue weighted by Gasteiger charge is 2.15. The summed E-state index contributed by atoms with van der Waals surface area (Å²) < 4.78 is 10.8. The standard InChI is InChI=1S/C19H20N4O2S/c1-12-13(2)26-19-17(12)18(21-10-15-6-4-8-25-15)22-16(23-19)11-20-9-14-5-3-7-24-14/h3-8,20H,9-11H2,1-2H3,(H,21,22,23)/p+1. The lowest BCUT2D eigenvalue weighted by Gasteiger charge is -2.08. The van der Waals surface area contributed by atoms with Crippen molar-refractivity contribution >= 4 is 27.4 Å². The average Bonchev–Trinajstić information content (AvgIpc) is 3.37. The third-order valence-corrected chi connectivity index (χ3v) is 5.44. The maximum absolute atomic E-state index is 5.42. The minimum atomic E-state index is 0.600. The molecule has 134 valence electrons. The van der Waals surface area contributed by atoms with Gasteiger partial charge in [0.1, 0.15) is 29.5 Å². The van der Waals surface area contributed by atoms with Crippen LogP contribution in [0.15, 0.2) is 45.6 Å². The maximum Gasteiger partial charge on any atom is 0.187 e. The number of aromatic nitrogens is 2. The van der Waals surface area contributed by atoms with Gasteiger partial charge in [0, 0.05) is 4.88 Å². The average molecular weight is 369 g/mol. The molecule has 0 radical (unpaired) electrons. The molecule has 3 N–H and O–H groups in total. The van der Waals surface area contributed by atoms with Crippen molar-refractivity contribution in [2.45, 2.75) is 33.5 Å². The van der Waals surface area contributed by atoms with Gasteiger partial charge in [-0.1, -0.05) is 0 Å². The molecule has 0 aliphatic heterocycles. The van der Waals surface area contributed by atoms with Crippen LogP contribution in [0.3, 0.4) is 0 Å². The van der Waals surface area contributed by atoms with Gasteiger partial charge in [-0.25, -0.2) is 9.97 Å². The van der Waals surface area contributed by atoms with Gasteiger partial charge < -0.3 is 19.5 Å². The predicted molar refractivity (Wildman–Crippen MR) is 101 cm³/mol. The third kappa shape index (κ3) is 3.49. The van der Waals surface area contributed by atoms with E-state index in [0.717, 1.165) is 39.9 Å². The molecule has 4 aromatic heterocycles. The van der Waals surface area contributed by atoms with Crippen molar-refractivity contribution in [2.24, 2.45) is 0 Å². The summed E-state index contributed by atoms with van der Waals surface area (Å²) in [5.41, 5.74) is 1.23. The van der Waals surface area contributed by atoms with E-state index >= 15 is 0 Å². The van der Waals surface area contributed by atoms with E-state index in [1.54, 1.807) is 23.9 Å². The minimum Gasteiger partial charge on any atom is -0.467 e. The van der Waals surface area contributed by atoms with Gasteiger partial charge in [0.05, 0.1) is 24.5 Å². The molecule has 26 heavy (non-hydrogen) atoms. The van der Waals surface area contributed by atoms with Gasteiger partial charge in [-0.05, 0) is 43.7 Å². The Balaban J connectivity index is 1.57. The van der Waals surface area contributed by atoms with Crippen LogP contribution in [0, 0.1) is 13.8 Å². The van der Waals surface area contributed by atoms with Crippen LogP contribution in [0.5, 0.6) is 0 Å². The summed E-state index contributed by atoms with van der Waals surface area (Å²) in [4.78, 5) is 11.8. The number of thiophene rings is 1. The summed E-state index contributed by atoms with van der Waals surface area (Å²) in [5, 5.41) is 6.67. The zero-order chi connectivity index (χ0) is 17.9. The highest BCUT2D eigenvalue weighted by Crippen LogP contribution is 2.33. The zero-order valence-electron chi connectivity index (χ0n) is 14.8. The van der Waals surface area contributed by atoms with Gasteiger partial charge in [0.2, 0.25) is 0 Å². The summed E-state index contributed by atoms with van der Waals surface area (Å²) >= 11 is 1.71. The molecular weight excluding hydrogens is 348 g/mol. The Labute approximate surface area is 155 Å². The highest BCUT2D eigenvalue weighted by molar-refractivity contribution is 7.18. The number of nitrogens with one attached hydrogen (secondary N) is 1. The lowest BCUT2D eigenvalue weighted by molar-refractivity contribution is -0.688. The molecule has 0 aliphatic carbocycles. The van der Waals surface area contributed by atoms with E-state index in [-0.39, 0.29) is 0 Å². The number of rotatable bonds is 7. The first kappa shape index (κ1) is 16.8. The molecule has 4 heterocycles. The Morgan fingerprint density at radius 1 is 1.04 bits per heavy atom. The minimum absolute atomic E-state index is 0.600. The topological polar surface area (TPSA) is 80.7 Å². The lowest BCUT2D eigenvalue weighted by Crippen LogP contribution is -2.81. The molecule has 0 spiro atoms. The van der Waals surface area contributed by atoms with Gasteiger partial charge >= 0.3 is 0 Å². The van der Waals surface area contributed by atoms with Gasteiger partial charge in [0.15, 0.2) is 11.6 Å². The van der Waals surface area contributed by atoms with E-state index in [1.807, 2.05) is 24.3 Å². The van der Waals surface area contributed by atoms with Gasteiger partial charge in [-0.15, -0.1) is 11.3 Å². The third-order valence-electron chi connectivity index (χ3n) is 4.34. The first-order valence-corrected chi connectivity index (χ1v) is 9.39. The fraction of sp³-hybridized carbons (Fsp3) is 0.263. The van der Waals surface area contributed by atoms with Crippen molar-refractivity contribution in [1.29, 1.82) is 0 Å². The second-order valence-electron chi connectivity index (χ2n) is 6.16. The predicted octanol–water partition coefficient (Wildman–Crippen LogP) is 3.37. The molecular formula is C19H21N4O2S+. The fourth-order valence-corrected chi connectivity index (χ4v) is 3.92. The first-order valence-electron chi connectivity index (χ1n) is 8.57. The second kappa shape index (κ2) is 7.31. The van der Waals surface area contributed by atoms with Crippen molar-refractivity contribution < 1.29 is 14.2 Å². The fourth-order valence-electron chi connectivity index (χ4n) is 2.87. The summed E-state index contributed by atoms with van der Waals surface area (Å²) in [6.07, 6.45) is 3.38. The molecule has 0 unspecified atom stereocenters. The molecule has 0 atom stereocenters. The number of hydrogen-bond donors (Lipinski definition) is 2. The van der Waals surface area contributed by atoms with Crippen molar-refractivity contribution in [3.8, 4) is 0 Å². The van der Waals surface area contributed by atoms with Crippen molar-refractivity contribution in [3.05, 3.63) is 64.6 Å². The van der Waals surface area contributed by atoms with Crippen molar-refractivity contribution in [1.82, 2.24) is 9.97 Å². The summed E-state index contributed by atoms with van der Waals surface area (Å²) in [6.45, 7) is 6.32. The van der Waals surface area contributed by atoms with Crippen LogP contribution >= 0.6 is 11.3 Å². The van der Waals surface area contributed by atoms with Crippen LogP contribution in [-0.2, 0) is 19.6 Å². The molecule has 0 fully saturated rings. The molecule has 4 rings (SSSR count). The summed E-state index contributed by atoms with van der Waals surface area (Å²) in [6, 6.07) is 7.72. The van der Waals surface area contributed by atoms with Crippen LogP contribution < -0.4 is 10.6 Å². The van der Waals surface area contributed by atoms with E-state index in [0.29, 0.717) is 13.1 Å². The molecule has 0 bridgehead atoms. The van der Waals surface area contributed by atoms with Crippen LogP contribution in [0.1, 0.15) is 27.8 Å². The highest BCUT2D eigenvalue weighted by atomic mass is 32.1. The van der Waals surface area contributed by atoms with Crippen molar-refractivity contribution in [2.75, 3.05) is 5.32 Å². The zero-order valence-corrected chi connectivity index (χ0v) is 15.6. The van der Waals surface area contributed by atoms with Gasteiger partial charge in [-0.3, -0.25) is 0 Å². The smallest absolute Gasteiger partial charge is 0.187 e. The van der Waals surface area contributed by atoms with E-state index < -0.39 is 0 Å². The summed E-state index contributed by atoms with van der Waals surface area (Å²) in [7, 11) is 0. The lowest BCUT2D eigenvalue weighted by atomic mass is 10.2. The number of quaternary nitrogens is 1. The van der Waals surface area contributed by atoms with Crippen LogP contribution in [0.4, 0.5) is 5.82 Å². The second-order valence-corrected chi connectivity index (χ2v) is 7.36. The quantitative estimate of drug-likeness (QED) is 0.522. The Morgan fingerprint density at radius 3 is 2.54 bits per heavy atom. The first-order chi connectivity index (χ1) is 12.7. The number of nitrogens with zero attached hydrogens (tertiary/aromatic N) is 2. The molecule has 0 amide bonds. The molecule has 4 aromatic rings. The Morgan fingerprint density at radius 2 is 1.81 bits per heavy atom. The Bertz CT molecular complexity index is 991. The molecule has 0 aromatic carbocycles.